The van der Waals surface area contributed by atoms with Gasteiger partial charge in [-0.15, -0.1) is 0 Å². The van der Waals surface area contributed by atoms with Crippen molar-refractivity contribution in [3.8, 4) is 0 Å². The fraction of sp³-hybridized carbons (Fsp3) is 0.560. The van der Waals surface area contributed by atoms with Gasteiger partial charge in [-0.05, 0) is 80.7 Å². The van der Waals surface area contributed by atoms with Crippen LogP contribution in [0.25, 0.3) is 0 Å². The average molecular weight is 425 g/mol. The quantitative estimate of drug-likeness (QED) is 0.731. The van der Waals surface area contributed by atoms with Crippen LogP contribution in [0.3, 0.4) is 0 Å². The number of carbonyl (C=O) groups excluding carboxylic acids is 1. The lowest BCUT2D eigenvalue weighted by atomic mass is 9.98. The predicted octanol–water partition coefficient (Wildman–Crippen LogP) is 4.65. The van der Waals surface area contributed by atoms with Crippen LogP contribution in [0.2, 0.25) is 0 Å². The summed E-state index contributed by atoms with van der Waals surface area (Å²) >= 11 is 0. The van der Waals surface area contributed by atoms with E-state index in [1.165, 1.54) is 18.4 Å². The first-order valence-electron chi connectivity index (χ1n) is 11.7. The van der Waals surface area contributed by atoms with Gasteiger partial charge in [-0.1, -0.05) is 6.07 Å². The number of rotatable bonds is 5. The van der Waals surface area contributed by atoms with Crippen molar-refractivity contribution in [2.45, 2.75) is 62.9 Å². The van der Waals surface area contributed by atoms with E-state index in [9.17, 15) is 9.90 Å². The molecule has 6 nitrogen and oxygen atoms in total. The first-order chi connectivity index (χ1) is 15.2. The molecule has 1 saturated carbocycles. The highest BCUT2D eigenvalue weighted by Gasteiger charge is 2.27. The Labute approximate surface area is 183 Å². The summed E-state index contributed by atoms with van der Waals surface area (Å²) in [6, 6.07) is 10.2. The van der Waals surface area contributed by atoms with E-state index in [0.717, 1.165) is 75.5 Å². The molecule has 0 spiro atoms. The van der Waals surface area contributed by atoms with Gasteiger partial charge in [0.05, 0.1) is 17.5 Å². The Bertz CT molecular complexity index is 914. The minimum atomic E-state index is -0.236. The average Bonchev–Trinajstić information content (AvgIpc) is 3.56. The maximum Gasteiger partial charge on any atom is 0.291 e. The molecule has 1 aromatic carbocycles. The predicted molar refractivity (Wildman–Crippen MR) is 120 cm³/mol. The maximum absolute atomic E-state index is 13.1. The van der Waals surface area contributed by atoms with Crippen LogP contribution in [0.5, 0.6) is 0 Å². The number of hydrogen-bond donors (Lipinski definition) is 2. The minimum absolute atomic E-state index is 0.206. The molecule has 1 atom stereocenters. The van der Waals surface area contributed by atoms with Gasteiger partial charge < -0.3 is 24.5 Å². The highest BCUT2D eigenvalue weighted by molar-refractivity contribution is 6.04. The van der Waals surface area contributed by atoms with Crippen LogP contribution < -0.4 is 10.2 Å². The number of nitrogens with one attached hydrogen (secondary N) is 1. The van der Waals surface area contributed by atoms with Crippen LogP contribution in [0, 0.1) is 0 Å². The first kappa shape index (κ1) is 20.6. The van der Waals surface area contributed by atoms with Crippen molar-refractivity contribution in [2.75, 3.05) is 36.5 Å². The summed E-state index contributed by atoms with van der Waals surface area (Å²) < 4.78 is 11.4. The van der Waals surface area contributed by atoms with Gasteiger partial charge in [0.15, 0.2) is 5.76 Å². The molecule has 1 amide bonds. The molecule has 1 aromatic heterocycles. The molecule has 3 heterocycles. The molecule has 2 aromatic rings. The van der Waals surface area contributed by atoms with E-state index in [2.05, 4.69) is 28.4 Å². The maximum atomic E-state index is 13.1. The molecule has 2 N–H and O–H groups in total. The second-order valence-electron chi connectivity index (χ2n) is 9.17. The highest BCUT2D eigenvalue weighted by Crippen LogP contribution is 2.43. The SMILES string of the molecule is O=C(Nc1cc(C2CC2)ccc1N1CCC[C@H](O)CC1)c1ccc(C2CCOCC2)o1. The van der Waals surface area contributed by atoms with Gasteiger partial charge in [0.1, 0.15) is 5.76 Å². The number of anilines is 2. The molecule has 0 unspecified atom stereocenters. The zero-order chi connectivity index (χ0) is 21.2. The van der Waals surface area contributed by atoms with Gasteiger partial charge in [-0.2, -0.15) is 0 Å². The van der Waals surface area contributed by atoms with E-state index in [1.807, 2.05) is 6.07 Å². The van der Waals surface area contributed by atoms with Crippen LogP contribution in [-0.4, -0.2) is 43.4 Å². The third kappa shape index (κ3) is 4.80. The van der Waals surface area contributed by atoms with E-state index in [1.54, 1.807) is 6.07 Å². The third-order valence-corrected chi connectivity index (χ3v) is 6.83. The smallest absolute Gasteiger partial charge is 0.291 e. The summed E-state index contributed by atoms with van der Waals surface area (Å²) in [6.07, 6.45) is 6.60. The van der Waals surface area contributed by atoms with E-state index in [-0.39, 0.29) is 12.0 Å². The second kappa shape index (κ2) is 9.05. The van der Waals surface area contributed by atoms with E-state index < -0.39 is 0 Å². The van der Waals surface area contributed by atoms with E-state index in [4.69, 9.17) is 9.15 Å². The molecule has 2 saturated heterocycles. The standard InChI is InChI=1S/C25H32N2O4/c28-20-2-1-12-27(13-9-20)22-6-5-19(17-3-4-17)16-21(22)26-25(29)24-8-7-23(31-24)18-10-14-30-15-11-18/h5-8,16-18,20,28H,1-4,9-15H2,(H,26,29)/t20-/m0/s1. The number of hydrogen-bond acceptors (Lipinski definition) is 5. The zero-order valence-corrected chi connectivity index (χ0v) is 18.0. The van der Waals surface area contributed by atoms with Crippen molar-refractivity contribution in [1.29, 1.82) is 0 Å². The molecular formula is C25H32N2O4. The van der Waals surface area contributed by atoms with Crippen molar-refractivity contribution in [2.24, 2.45) is 0 Å². The molecule has 3 aliphatic rings. The number of furan rings is 1. The monoisotopic (exact) mass is 424 g/mol. The van der Waals surface area contributed by atoms with Gasteiger partial charge in [-0.25, -0.2) is 0 Å². The number of aliphatic hydroxyl groups excluding tert-OH is 1. The lowest BCUT2D eigenvalue weighted by Gasteiger charge is -2.26. The van der Waals surface area contributed by atoms with Gasteiger partial charge >= 0.3 is 0 Å². The Morgan fingerprint density at radius 1 is 0.968 bits per heavy atom. The van der Waals surface area contributed by atoms with Crippen LogP contribution in [0.1, 0.15) is 78.7 Å². The van der Waals surface area contributed by atoms with Gasteiger partial charge in [0.25, 0.3) is 5.91 Å². The van der Waals surface area contributed by atoms with Gasteiger partial charge in [0, 0.05) is 32.2 Å². The lowest BCUT2D eigenvalue weighted by molar-refractivity contribution is 0.0799. The first-order valence-corrected chi connectivity index (χ1v) is 11.7. The Morgan fingerprint density at radius 2 is 1.81 bits per heavy atom. The lowest BCUT2D eigenvalue weighted by Crippen LogP contribution is -2.26. The Hall–Kier alpha value is -2.31. The number of aliphatic hydroxyl groups is 1. The van der Waals surface area contributed by atoms with Gasteiger partial charge in [0.2, 0.25) is 0 Å². The van der Waals surface area contributed by atoms with Crippen LogP contribution in [0.4, 0.5) is 11.4 Å². The van der Waals surface area contributed by atoms with Crippen LogP contribution in [-0.2, 0) is 4.74 Å². The van der Waals surface area contributed by atoms with Crippen molar-refractivity contribution in [1.82, 2.24) is 0 Å². The highest BCUT2D eigenvalue weighted by atomic mass is 16.5. The van der Waals surface area contributed by atoms with Crippen molar-refractivity contribution >= 4 is 17.3 Å². The van der Waals surface area contributed by atoms with E-state index in [0.29, 0.717) is 17.6 Å². The molecule has 31 heavy (non-hydrogen) atoms. The number of carbonyl (C=O) groups is 1. The molecule has 6 heteroatoms. The molecule has 5 rings (SSSR count). The second-order valence-corrected chi connectivity index (χ2v) is 9.17. The normalized spacial score (nSPS) is 22.9. The topological polar surface area (TPSA) is 74.9 Å². The number of ether oxygens (including phenoxy) is 1. The number of nitrogens with zero attached hydrogens (tertiary/aromatic N) is 1. The summed E-state index contributed by atoms with van der Waals surface area (Å²) in [7, 11) is 0. The van der Waals surface area contributed by atoms with Crippen molar-refractivity contribution in [3.63, 3.8) is 0 Å². The molecular weight excluding hydrogens is 392 g/mol. The number of benzene rings is 1. The zero-order valence-electron chi connectivity index (χ0n) is 18.0. The summed E-state index contributed by atoms with van der Waals surface area (Å²) in [5.74, 6) is 1.96. The molecule has 0 radical (unpaired) electrons. The van der Waals surface area contributed by atoms with Gasteiger partial charge in [-0.3, -0.25) is 4.79 Å². The summed E-state index contributed by atoms with van der Waals surface area (Å²) in [5, 5.41) is 13.2. The largest absolute Gasteiger partial charge is 0.456 e. The Balaban J connectivity index is 1.36. The summed E-state index contributed by atoms with van der Waals surface area (Å²) in [5.41, 5.74) is 3.16. The summed E-state index contributed by atoms with van der Waals surface area (Å²) in [4.78, 5) is 15.4. The van der Waals surface area contributed by atoms with Crippen LogP contribution >= 0.6 is 0 Å². The Kier molecular flexibility index (Phi) is 6.01. The van der Waals surface area contributed by atoms with E-state index >= 15 is 0 Å². The van der Waals surface area contributed by atoms with Crippen LogP contribution in [0.15, 0.2) is 34.7 Å². The molecule has 1 aliphatic carbocycles. The fourth-order valence-electron chi connectivity index (χ4n) is 4.78. The molecule has 166 valence electrons. The number of amides is 1. The third-order valence-electron chi connectivity index (χ3n) is 6.83. The minimum Gasteiger partial charge on any atom is -0.456 e. The van der Waals surface area contributed by atoms with Crippen molar-refractivity contribution in [3.05, 3.63) is 47.4 Å². The molecule has 2 aliphatic heterocycles. The molecule has 3 fully saturated rings. The molecule has 0 bridgehead atoms. The van der Waals surface area contributed by atoms with Crippen molar-refractivity contribution < 1.29 is 19.1 Å². The Morgan fingerprint density at radius 3 is 2.61 bits per heavy atom. The summed E-state index contributed by atoms with van der Waals surface area (Å²) in [6.45, 7) is 3.17. The fourth-order valence-corrected chi connectivity index (χ4v) is 4.78.